The van der Waals surface area contributed by atoms with Gasteiger partial charge in [-0.25, -0.2) is 4.99 Å². The summed E-state index contributed by atoms with van der Waals surface area (Å²) in [5, 5.41) is 0. The fraction of sp³-hybridized carbons (Fsp3) is 0.125. The van der Waals surface area contributed by atoms with Crippen LogP contribution in [0.25, 0.3) is 0 Å². The second-order valence-electron chi connectivity index (χ2n) is 4.56. The number of carbonyl (C=O) groups is 1. The number of hydrogen-bond acceptors (Lipinski definition) is 2. The van der Waals surface area contributed by atoms with Crippen molar-refractivity contribution in [3.63, 3.8) is 0 Å². The van der Waals surface area contributed by atoms with Crippen LogP contribution >= 0.6 is 15.9 Å². The zero-order valence-corrected chi connectivity index (χ0v) is 13.0. The van der Waals surface area contributed by atoms with Crippen LogP contribution in [-0.4, -0.2) is 26.2 Å². The van der Waals surface area contributed by atoms with Crippen LogP contribution in [0.4, 0.5) is 5.69 Å². The van der Waals surface area contributed by atoms with Crippen molar-refractivity contribution in [3.05, 3.63) is 64.1 Å². The Morgan fingerprint density at radius 1 is 1.05 bits per heavy atom. The van der Waals surface area contributed by atoms with Crippen LogP contribution in [-0.2, 0) is 0 Å². The first-order valence-corrected chi connectivity index (χ1v) is 6.97. The Morgan fingerprint density at radius 2 is 1.65 bits per heavy atom. The van der Waals surface area contributed by atoms with E-state index in [2.05, 4.69) is 20.9 Å². The molecule has 0 atom stereocenters. The zero-order chi connectivity index (χ0) is 14.5. The minimum atomic E-state index is -0.238. The molecule has 0 heterocycles. The van der Waals surface area contributed by atoms with Gasteiger partial charge >= 0.3 is 0 Å². The SMILES string of the molecule is CN(C)c1ccc(C(=O)N=Cc2ccc(Br)cc2)cc1. The maximum absolute atomic E-state index is 11.9. The number of nitrogens with zero attached hydrogens (tertiary/aromatic N) is 2. The highest BCUT2D eigenvalue weighted by Gasteiger charge is 2.03. The Hall–Kier alpha value is -1.94. The molecule has 0 bridgehead atoms. The lowest BCUT2D eigenvalue weighted by atomic mass is 10.2. The molecule has 3 nitrogen and oxygen atoms in total. The van der Waals surface area contributed by atoms with E-state index in [1.54, 1.807) is 18.3 Å². The predicted octanol–water partition coefficient (Wildman–Crippen LogP) is 3.77. The van der Waals surface area contributed by atoms with Crippen molar-refractivity contribution < 1.29 is 4.79 Å². The molecule has 20 heavy (non-hydrogen) atoms. The molecule has 0 saturated carbocycles. The van der Waals surface area contributed by atoms with Crippen LogP contribution in [0.1, 0.15) is 15.9 Å². The van der Waals surface area contributed by atoms with E-state index in [0.29, 0.717) is 5.56 Å². The summed E-state index contributed by atoms with van der Waals surface area (Å²) in [5.41, 5.74) is 2.54. The van der Waals surface area contributed by atoms with Gasteiger partial charge in [0.1, 0.15) is 0 Å². The van der Waals surface area contributed by atoms with E-state index in [1.165, 1.54) is 0 Å². The first kappa shape index (κ1) is 14.5. The van der Waals surface area contributed by atoms with Gasteiger partial charge in [-0.15, -0.1) is 0 Å². The van der Waals surface area contributed by atoms with E-state index in [9.17, 15) is 4.79 Å². The third-order valence-electron chi connectivity index (χ3n) is 2.83. The molecule has 4 heteroatoms. The molecule has 1 amide bonds. The summed E-state index contributed by atoms with van der Waals surface area (Å²) in [6.45, 7) is 0. The van der Waals surface area contributed by atoms with Gasteiger partial charge in [-0.1, -0.05) is 28.1 Å². The van der Waals surface area contributed by atoms with Gasteiger partial charge in [-0.05, 0) is 42.0 Å². The van der Waals surface area contributed by atoms with Crippen molar-refractivity contribution in [2.45, 2.75) is 0 Å². The lowest BCUT2D eigenvalue weighted by molar-refractivity contribution is 0.100. The van der Waals surface area contributed by atoms with E-state index in [-0.39, 0.29) is 5.91 Å². The Morgan fingerprint density at radius 3 is 2.20 bits per heavy atom. The van der Waals surface area contributed by atoms with E-state index in [1.807, 2.05) is 55.4 Å². The van der Waals surface area contributed by atoms with Crippen LogP contribution in [0.15, 0.2) is 58.0 Å². The Balaban J connectivity index is 2.09. The first-order chi connectivity index (χ1) is 9.56. The van der Waals surface area contributed by atoms with E-state index >= 15 is 0 Å². The Labute approximate surface area is 127 Å². The van der Waals surface area contributed by atoms with Crippen molar-refractivity contribution in [1.29, 1.82) is 0 Å². The number of rotatable bonds is 3. The van der Waals surface area contributed by atoms with Crippen molar-refractivity contribution in [1.82, 2.24) is 0 Å². The summed E-state index contributed by atoms with van der Waals surface area (Å²) in [7, 11) is 3.92. The summed E-state index contributed by atoms with van der Waals surface area (Å²) in [5.74, 6) is -0.238. The van der Waals surface area contributed by atoms with Crippen molar-refractivity contribution >= 4 is 33.7 Å². The fourth-order valence-electron chi connectivity index (χ4n) is 1.66. The fourth-order valence-corrected chi connectivity index (χ4v) is 1.92. The molecule has 0 aliphatic carbocycles. The van der Waals surface area contributed by atoms with Crippen LogP contribution in [0, 0.1) is 0 Å². The van der Waals surface area contributed by atoms with E-state index in [4.69, 9.17) is 0 Å². The second-order valence-corrected chi connectivity index (χ2v) is 5.47. The second kappa shape index (κ2) is 6.48. The maximum Gasteiger partial charge on any atom is 0.276 e. The lowest BCUT2D eigenvalue weighted by Crippen LogP contribution is -2.08. The zero-order valence-electron chi connectivity index (χ0n) is 11.4. The summed E-state index contributed by atoms with van der Waals surface area (Å²) >= 11 is 3.37. The minimum absolute atomic E-state index is 0.238. The van der Waals surface area contributed by atoms with Gasteiger partial charge in [0.2, 0.25) is 0 Å². The van der Waals surface area contributed by atoms with Gasteiger partial charge in [-0.3, -0.25) is 4.79 Å². The molecule has 0 radical (unpaired) electrons. The molecule has 2 aromatic carbocycles. The average Bonchev–Trinajstić information content (AvgIpc) is 2.46. The summed E-state index contributed by atoms with van der Waals surface area (Å²) in [6, 6.07) is 15.0. The number of benzene rings is 2. The van der Waals surface area contributed by atoms with Crippen LogP contribution in [0.2, 0.25) is 0 Å². The maximum atomic E-state index is 11.9. The standard InChI is InChI=1S/C16H15BrN2O/c1-19(2)15-9-5-13(6-10-15)16(20)18-11-12-3-7-14(17)8-4-12/h3-11H,1-2H3. The molecule has 0 N–H and O–H groups in total. The third kappa shape index (κ3) is 3.78. The normalized spacial score (nSPS) is 10.8. The Kier molecular flexibility index (Phi) is 4.69. The smallest absolute Gasteiger partial charge is 0.276 e. The van der Waals surface area contributed by atoms with Crippen LogP contribution in [0.5, 0.6) is 0 Å². The number of anilines is 1. The summed E-state index contributed by atoms with van der Waals surface area (Å²) in [4.78, 5) is 17.9. The van der Waals surface area contributed by atoms with E-state index < -0.39 is 0 Å². The molecule has 102 valence electrons. The van der Waals surface area contributed by atoms with Crippen molar-refractivity contribution in [2.24, 2.45) is 4.99 Å². The average molecular weight is 331 g/mol. The largest absolute Gasteiger partial charge is 0.378 e. The quantitative estimate of drug-likeness (QED) is 0.802. The number of hydrogen-bond donors (Lipinski definition) is 0. The highest BCUT2D eigenvalue weighted by molar-refractivity contribution is 9.10. The van der Waals surface area contributed by atoms with E-state index in [0.717, 1.165) is 15.7 Å². The highest BCUT2D eigenvalue weighted by atomic mass is 79.9. The van der Waals surface area contributed by atoms with Crippen LogP contribution in [0.3, 0.4) is 0 Å². The molecule has 0 fully saturated rings. The molecule has 0 spiro atoms. The van der Waals surface area contributed by atoms with Gasteiger partial charge in [-0.2, -0.15) is 0 Å². The predicted molar refractivity (Wildman–Crippen MR) is 86.8 cm³/mol. The third-order valence-corrected chi connectivity index (χ3v) is 3.36. The van der Waals surface area contributed by atoms with Crippen LogP contribution < -0.4 is 4.90 Å². The number of amides is 1. The summed E-state index contributed by atoms with van der Waals surface area (Å²) in [6.07, 6.45) is 1.58. The highest BCUT2D eigenvalue weighted by Crippen LogP contribution is 2.13. The van der Waals surface area contributed by atoms with Gasteiger partial charge in [0.05, 0.1) is 0 Å². The summed E-state index contributed by atoms with van der Waals surface area (Å²) < 4.78 is 1.00. The molecule has 2 aromatic rings. The minimum Gasteiger partial charge on any atom is -0.378 e. The molecule has 0 aromatic heterocycles. The first-order valence-electron chi connectivity index (χ1n) is 6.17. The van der Waals surface area contributed by atoms with Gasteiger partial charge in [0.25, 0.3) is 5.91 Å². The molecule has 0 aliphatic rings. The molecule has 2 rings (SSSR count). The topological polar surface area (TPSA) is 32.7 Å². The van der Waals surface area contributed by atoms with Crippen molar-refractivity contribution in [3.8, 4) is 0 Å². The van der Waals surface area contributed by atoms with Gasteiger partial charge < -0.3 is 4.90 Å². The molecular weight excluding hydrogens is 316 g/mol. The molecule has 0 saturated heterocycles. The number of aliphatic imine (C=N–C) groups is 1. The lowest BCUT2D eigenvalue weighted by Gasteiger charge is -2.11. The Bertz CT molecular complexity index is 616. The molecule has 0 aliphatic heterocycles. The van der Waals surface area contributed by atoms with Crippen molar-refractivity contribution in [2.75, 3.05) is 19.0 Å². The number of halogens is 1. The molecule has 0 unspecified atom stereocenters. The van der Waals surface area contributed by atoms with Gasteiger partial charge in [0, 0.05) is 36.0 Å². The monoisotopic (exact) mass is 330 g/mol. The van der Waals surface area contributed by atoms with Gasteiger partial charge in [0.15, 0.2) is 0 Å². The number of carbonyl (C=O) groups excluding carboxylic acids is 1. The molecular formula is C16H15BrN2O.